The average Bonchev–Trinajstić information content (AvgIpc) is 3.60. The number of benzene rings is 2. The molecule has 5 heteroatoms. The van der Waals surface area contributed by atoms with E-state index in [9.17, 15) is 5.11 Å². The van der Waals surface area contributed by atoms with Crippen molar-refractivity contribution in [2.24, 2.45) is 0 Å². The molecule has 0 unspecified atom stereocenters. The van der Waals surface area contributed by atoms with Crippen molar-refractivity contribution >= 4 is 22.7 Å². The van der Waals surface area contributed by atoms with Crippen LogP contribution in [0.5, 0.6) is 0 Å². The van der Waals surface area contributed by atoms with Gasteiger partial charge in [-0.15, -0.1) is 0 Å². The van der Waals surface area contributed by atoms with Crippen molar-refractivity contribution in [1.82, 2.24) is 9.80 Å². The number of thiophene rings is 2. The van der Waals surface area contributed by atoms with E-state index in [1.54, 1.807) is 22.7 Å². The first-order valence-electron chi connectivity index (χ1n) is 11.6. The van der Waals surface area contributed by atoms with Gasteiger partial charge in [-0.05, 0) is 62.3 Å². The number of rotatable bonds is 8. The van der Waals surface area contributed by atoms with E-state index in [2.05, 4.69) is 104 Å². The summed E-state index contributed by atoms with van der Waals surface area (Å²) >= 11 is 3.30. The number of hydrogen-bond acceptors (Lipinski definition) is 5. The van der Waals surface area contributed by atoms with E-state index in [0.29, 0.717) is 6.42 Å². The monoisotopic (exact) mass is 474 g/mol. The molecule has 0 radical (unpaired) electrons. The van der Waals surface area contributed by atoms with Crippen LogP contribution in [0.15, 0.2) is 94.3 Å². The van der Waals surface area contributed by atoms with E-state index < -0.39 is 5.60 Å². The van der Waals surface area contributed by atoms with Gasteiger partial charge in [-0.2, -0.15) is 22.7 Å². The van der Waals surface area contributed by atoms with E-state index in [4.69, 9.17) is 0 Å². The first-order chi connectivity index (χ1) is 16.2. The average molecular weight is 475 g/mol. The van der Waals surface area contributed by atoms with Gasteiger partial charge in [0.1, 0.15) is 5.60 Å². The Morgan fingerprint density at radius 2 is 1.24 bits per heavy atom. The fraction of sp³-hybridized carbons (Fsp3) is 0.286. The van der Waals surface area contributed by atoms with Crippen LogP contribution in [0.2, 0.25) is 0 Å². The summed E-state index contributed by atoms with van der Waals surface area (Å²) in [5, 5.41) is 20.0. The van der Waals surface area contributed by atoms with E-state index >= 15 is 0 Å². The second kappa shape index (κ2) is 10.3. The third-order valence-corrected chi connectivity index (χ3v) is 8.16. The zero-order chi connectivity index (χ0) is 22.5. The molecular weight excluding hydrogens is 444 g/mol. The fourth-order valence-corrected chi connectivity index (χ4v) is 6.35. The minimum absolute atomic E-state index is 0.281. The third kappa shape index (κ3) is 4.98. The molecule has 3 nitrogen and oxygen atoms in total. The number of nitrogens with zero attached hydrogens (tertiary/aromatic N) is 2. The maximum absolute atomic E-state index is 11.7. The molecule has 0 spiro atoms. The molecule has 2 aromatic heterocycles. The summed E-state index contributed by atoms with van der Waals surface area (Å²) in [6.07, 6.45) is 0.710. The molecule has 1 saturated heterocycles. The van der Waals surface area contributed by atoms with Crippen molar-refractivity contribution < 1.29 is 5.11 Å². The Balaban J connectivity index is 1.27. The van der Waals surface area contributed by atoms with Crippen LogP contribution in [-0.2, 0) is 5.60 Å². The minimum atomic E-state index is -0.909. The molecular formula is C28H30N2OS2. The van der Waals surface area contributed by atoms with Gasteiger partial charge in [0, 0.05) is 32.7 Å². The highest BCUT2D eigenvalue weighted by molar-refractivity contribution is 7.08. The smallest absolute Gasteiger partial charge is 0.117 e. The molecule has 1 fully saturated rings. The van der Waals surface area contributed by atoms with Gasteiger partial charge >= 0.3 is 0 Å². The van der Waals surface area contributed by atoms with E-state index in [0.717, 1.165) is 43.9 Å². The molecule has 1 aliphatic heterocycles. The molecule has 1 N–H and O–H groups in total. The molecule has 170 valence electrons. The zero-order valence-electron chi connectivity index (χ0n) is 18.7. The van der Waals surface area contributed by atoms with Crippen LogP contribution >= 0.6 is 22.7 Å². The topological polar surface area (TPSA) is 26.7 Å². The molecule has 5 rings (SSSR count). The van der Waals surface area contributed by atoms with Crippen molar-refractivity contribution in [3.63, 3.8) is 0 Å². The maximum Gasteiger partial charge on any atom is 0.117 e. The summed E-state index contributed by atoms with van der Waals surface area (Å²) in [5.41, 5.74) is 3.81. The quantitative estimate of drug-likeness (QED) is 0.347. The van der Waals surface area contributed by atoms with Gasteiger partial charge in [-0.25, -0.2) is 0 Å². The summed E-state index contributed by atoms with van der Waals surface area (Å²) in [6.45, 7) is 4.95. The number of piperazine rings is 1. The summed E-state index contributed by atoms with van der Waals surface area (Å²) in [4.78, 5) is 5.11. The van der Waals surface area contributed by atoms with E-state index in [-0.39, 0.29) is 6.04 Å². The van der Waals surface area contributed by atoms with Gasteiger partial charge in [0.2, 0.25) is 0 Å². The van der Waals surface area contributed by atoms with Gasteiger partial charge in [0.15, 0.2) is 0 Å². The Morgan fingerprint density at radius 1 is 0.727 bits per heavy atom. The van der Waals surface area contributed by atoms with Crippen molar-refractivity contribution in [3.8, 4) is 0 Å². The number of hydrogen-bond donors (Lipinski definition) is 1. The Morgan fingerprint density at radius 3 is 1.70 bits per heavy atom. The molecule has 0 bridgehead atoms. The molecule has 33 heavy (non-hydrogen) atoms. The summed E-state index contributed by atoms with van der Waals surface area (Å²) < 4.78 is 0. The summed E-state index contributed by atoms with van der Waals surface area (Å²) in [5.74, 6) is 0. The Bertz CT molecular complexity index is 1020. The minimum Gasteiger partial charge on any atom is -0.380 e. The lowest BCUT2D eigenvalue weighted by molar-refractivity contribution is 0.0441. The highest BCUT2D eigenvalue weighted by Gasteiger charge is 2.34. The molecule has 0 atom stereocenters. The van der Waals surface area contributed by atoms with Gasteiger partial charge in [-0.1, -0.05) is 60.7 Å². The lowest BCUT2D eigenvalue weighted by Gasteiger charge is -2.40. The van der Waals surface area contributed by atoms with Gasteiger partial charge in [-0.3, -0.25) is 4.90 Å². The van der Waals surface area contributed by atoms with E-state index in [1.807, 2.05) is 0 Å². The zero-order valence-corrected chi connectivity index (χ0v) is 20.3. The maximum atomic E-state index is 11.7. The van der Waals surface area contributed by atoms with Crippen molar-refractivity contribution in [1.29, 1.82) is 0 Å². The summed E-state index contributed by atoms with van der Waals surface area (Å²) in [6, 6.07) is 26.1. The van der Waals surface area contributed by atoms with Crippen molar-refractivity contribution in [3.05, 3.63) is 117 Å². The predicted molar refractivity (Wildman–Crippen MR) is 139 cm³/mol. The van der Waals surface area contributed by atoms with Crippen LogP contribution in [0.1, 0.15) is 34.7 Å². The molecule has 2 aromatic carbocycles. The molecule has 0 saturated carbocycles. The van der Waals surface area contributed by atoms with Crippen LogP contribution < -0.4 is 0 Å². The van der Waals surface area contributed by atoms with Crippen LogP contribution in [0, 0.1) is 0 Å². The lowest BCUT2D eigenvalue weighted by atomic mass is 9.86. The lowest BCUT2D eigenvalue weighted by Crippen LogP contribution is -2.48. The Labute approximate surface area is 204 Å². The highest BCUT2D eigenvalue weighted by Crippen LogP contribution is 2.36. The molecule has 3 heterocycles. The molecule has 1 aliphatic rings. The van der Waals surface area contributed by atoms with Crippen molar-refractivity contribution in [2.75, 3.05) is 32.7 Å². The molecule has 4 aromatic rings. The highest BCUT2D eigenvalue weighted by atomic mass is 32.1. The van der Waals surface area contributed by atoms with Crippen LogP contribution in [0.4, 0.5) is 0 Å². The molecule has 0 aliphatic carbocycles. The normalized spacial score (nSPS) is 15.8. The van der Waals surface area contributed by atoms with E-state index in [1.165, 1.54) is 11.1 Å². The van der Waals surface area contributed by atoms with Gasteiger partial charge < -0.3 is 10.0 Å². The van der Waals surface area contributed by atoms with Crippen molar-refractivity contribution in [2.45, 2.75) is 18.1 Å². The fourth-order valence-electron chi connectivity index (χ4n) is 4.90. The second-order valence-electron chi connectivity index (χ2n) is 8.74. The SMILES string of the molecule is OC(CCN1CCN(C(c2ccccc2)c2ccccc2)CC1)(c1ccsc1)c1ccsc1. The molecule has 0 amide bonds. The van der Waals surface area contributed by atoms with Crippen LogP contribution in [0.3, 0.4) is 0 Å². The summed E-state index contributed by atoms with van der Waals surface area (Å²) in [7, 11) is 0. The predicted octanol–water partition coefficient (Wildman–Crippen LogP) is 5.84. The van der Waals surface area contributed by atoms with Crippen LogP contribution in [-0.4, -0.2) is 47.6 Å². The largest absolute Gasteiger partial charge is 0.380 e. The van der Waals surface area contributed by atoms with Gasteiger partial charge in [0.25, 0.3) is 0 Å². The third-order valence-electron chi connectivity index (χ3n) is 6.79. The first-order valence-corrected chi connectivity index (χ1v) is 13.5. The van der Waals surface area contributed by atoms with Gasteiger partial charge in [0.05, 0.1) is 6.04 Å². The Kier molecular flexibility index (Phi) is 7.04. The second-order valence-corrected chi connectivity index (χ2v) is 10.3. The number of aliphatic hydroxyl groups is 1. The first kappa shape index (κ1) is 22.5. The van der Waals surface area contributed by atoms with Crippen LogP contribution in [0.25, 0.3) is 0 Å². The standard InChI is InChI=1S/C28H30N2OS2/c31-28(25-11-19-32-21-25,26-12-20-33-22-26)13-14-29-15-17-30(18-16-29)27(23-7-3-1-4-8-23)24-9-5-2-6-10-24/h1-12,19-22,27,31H,13-18H2. The Hall–Kier alpha value is -2.28.